The van der Waals surface area contributed by atoms with E-state index in [1.807, 2.05) is 89.2 Å². The summed E-state index contributed by atoms with van der Waals surface area (Å²) in [5.41, 5.74) is 11.3. The van der Waals surface area contributed by atoms with E-state index in [9.17, 15) is 9.59 Å². The van der Waals surface area contributed by atoms with E-state index in [4.69, 9.17) is 5.73 Å². The van der Waals surface area contributed by atoms with Gasteiger partial charge in [-0.3, -0.25) is 9.59 Å². The third kappa shape index (κ3) is 5.03. The maximum Gasteiger partial charge on any atom is 0.255 e. The highest BCUT2D eigenvalue weighted by Crippen LogP contribution is 2.27. The molecule has 0 saturated heterocycles. The molecule has 6 heteroatoms. The number of carbonyl (C=O) groups excluding carboxylic acids is 2. The number of carbonyl (C=O) groups is 2. The van der Waals surface area contributed by atoms with Crippen LogP contribution >= 0.6 is 11.3 Å². The second kappa shape index (κ2) is 9.99. The van der Waals surface area contributed by atoms with Crippen molar-refractivity contribution in [3.8, 4) is 0 Å². The molecule has 0 bridgehead atoms. The Morgan fingerprint density at radius 3 is 2.46 bits per heavy atom. The van der Waals surface area contributed by atoms with E-state index < -0.39 is 0 Å². The molecule has 1 aliphatic rings. The maximum atomic E-state index is 13.7. The Bertz CT molecular complexity index is 1390. The second-order valence-electron chi connectivity index (χ2n) is 8.44. The molecule has 2 heterocycles. The number of rotatable bonds is 5. The predicted molar refractivity (Wildman–Crippen MR) is 143 cm³/mol. The number of fused-ring (bicyclic) bond motifs is 1. The van der Waals surface area contributed by atoms with Gasteiger partial charge in [0, 0.05) is 29.1 Å². The van der Waals surface area contributed by atoms with Crippen LogP contribution in [0.15, 0.2) is 90.3 Å². The number of benzene rings is 3. The van der Waals surface area contributed by atoms with Crippen LogP contribution in [-0.2, 0) is 17.8 Å². The van der Waals surface area contributed by atoms with Crippen LogP contribution in [0.1, 0.15) is 31.9 Å². The van der Waals surface area contributed by atoms with E-state index in [0.717, 1.165) is 28.0 Å². The van der Waals surface area contributed by atoms with Gasteiger partial charge in [-0.15, -0.1) is 11.3 Å². The Balaban J connectivity index is 1.39. The monoisotopic (exact) mass is 479 g/mol. The van der Waals surface area contributed by atoms with Crippen molar-refractivity contribution in [1.82, 2.24) is 4.90 Å². The van der Waals surface area contributed by atoms with Crippen LogP contribution in [0.4, 0.5) is 11.4 Å². The van der Waals surface area contributed by atoms with Gasteiger partial charge in [-0.25, -0.2) is 0 Å². The minimum Gasteiger partial charge on any atom is -0.397 e. The molecule has 5 nitrogen and oxygen atoms in total. The van der Waals surface area contributed by atoms with Crippen LogP contribution in [0.5, 0.6) is 0 Å². The van der Waals surface area contributed by atoms with Crippen LogP contribution in [0.3, 0.4) is 0 Å². The molecule has 35 heavy (non-hydrogen) atoms. The average molecular weight is 480 g/mol. The maximum absolute atomic E-state index is 13.7. The number of hydrogen-bond donors (Lipinski definition) is 2. The number of thiophene rings is 1. The fourth-order valence-corrected chi connectivity index (χ4v) is 4.91. The lowest BCUT2D eigenvalue weighted by molar-refractivity contribution is -0.125. The first-order chi connectivity index (χ1) is 17.1. The quantitative estimate of drug-likeness (QED) is 0.284. The molecular weight excluding hydrogens is 454 g/mol. The van der Waals surface area contributed by atoms with E-state index >= 15 is 0 Å². The molecule has 4 aromatic rings. The smallest absolute Gasteiger partial charge is 0.255 e. The number of amides is 2. The summed E-state index contributed by atoms with van der Waals surface area (Å²) in [7, 11) is 0. The molecule has 0 fully saturated rings. The number of nitrogens with two attached hydrogens (primary N) is 1. The normalized spacial score (nSPS) is 13.3. The summed E-state index contributed by atoms with van der Waals surface area (Å²) in [6, 6.07) is 26.6. The zero-order valence-corrected chi connectivity index (χ0v) is 19.9. The molecule has 3 aromatic carbocycles. The topological polar surface area (TPSA) is 75.4 Å². The number of nitrogens with one attached hydrogen (secondary N) is 1. The molecule has 0 aliphatic carbocycles. The Hall–Kier alpha value is -4.16. The average Bonchev–Trinajstić information content (AvgIpc) is 3.41. The van der Waals surface area contributed by atoms with E-state index in [2.05, 4.69) is 5.32 Å². The van der Waals surface area contributed by atoms with Gasteiger partial charge in [0.1, 0.15) is 0 Å². The highest BCUT2D eigenvalue weighted by Gasteiger charge is 2.25. The minimum atomic E-state index is -0.225. The Morgan fingerprint density at radius 1 is 0.886 bits per heavy atom. The Morgan fingerprint density at radius 2 is 1.69 bits per heavy atom. The first-order valence-corrected chi connectivity index (χ1v) is 12.3. The molecule has 0 spiro atoms. The van der Waals surface area contributed by atoms with Crippen molar-refractivity contribution in [3.63, 3.8) is 0 Å². The van der Waals surface area contributed by atoms with Crippen molar-refractivity contribution < 1.29 is 9.59 Å². The van der Waals surface area contributed by atoms with Gasteiger partial charge in [0.05, 0.1) is 11.4 Å². The van der Waals surface area contributed by atoms with Gasteiger partial charge in [-0.1, -0.05) is 54.6 Å². The van der Waals surface area contributed by atoms with Crippen LogP contribution < -0.4 is 11.1 Å². The molecule has 1 aromatic heterocycles. The van der Waals surface area contributed by atoms with Crippen LogP contribution in [0.2, 0.25) is 0 Å². The molecule has 174 valence electrons. The standard InChI is InChI=1S/C29H25N3O2S/c30-26-10-4-5-11-27(26)31-28(33)22-13-12-20-14-15-32(19-23(20)17-22)29(34)25(18-24-9-6-16-35-24)21-7-2-1-3-8-21/h1-13,16-18H,14-15,19,30H2,(H,31,33)/b25-18+. The van der Waals surface area contributed by atoms with Crippen molar-refractivity contribution in [2.75, 3.05) is 17.6 Å². The van der Waals surface area contributed by atoms with Gasteiger partial charge in [0.2, 0.25) is 0 Å². The third-order valence-corrected chi connectivity index (χ3v) is 6.94. The lowest BCUT2D eigenvalue weighted by Crippen LogP contribution is -2.36. The first kappa shape index (κ1) is 22.6. The molecule has 5 rings (SSSR count). The van der Waals surface area contributed by atoms with Crippen LogP contribution in [0.25, 0.3) is 11.6 Å². The Kier molecular flexibility index (Phi) is 6.46. The minimum absolute atomic E-state index is 0.0119. The lowest BCUT2D eigenvalue weighted by Gasteiger charge is -2.30. The van der Waals surface area contributed by atoms with Crippen LogP contribution in [-0.4, -0.2) is 23.3 Å². The second-order valence-corrected chi connectivity index (χ2v) is 9.42. The highest BCUT2D eigenvalue weighted by atomic mass is 32.1. The molecule has 0 saturated carbocycles. The summed E-state index contributed by atoms with van der Waals surface area (Å²) in [5, 5.41) is 4.88. The van der Waals surface area contributed by atoms with Crippen LogP contribution in [0, 0.1) is 0 Å². The summed E-state index contributed by atoms with van der Waals surface area (Å²) in [6.45, 7) is 1.09. The molecule has 3 N–H and O–H groups in total. The van der Waals surface area contributed by atoms with Gasteiger partial charge in [0.25, 0.3) is 11.8 Å². The zero-order valence-electron chi connectivity index (χ0n) is 19.1. The number of hydrogen-bond acceptors (Lipinski definition) is 4. The Labute approximate surface area is 208 Å². The lowest BCUT2D eigenvalue weighted by atomic mass is 9.95. The highest BCUT2D eigenvalue weighted by molar-refractivity contribution is 7.11. The van der Waals surface area contributed by atoms with E-state index in [1.165, 1.54) is 0 Å². The van der Waals surface area contributed by atoms with Gasteiger partial charge in [0.15, 0.2) is 0 Å². The van der Waals surface area contributed by atoms with Crippen molar-refractivity contribution in [2.24, 2.45) is 0 Å². The summed E-state index contributed by atoms with van der Waals surface area (Å²) in [6.07, 6.45) is 2.71. The van der Waals surface area contributed by atoms with E-state index in [-0.39, 0.29) is 11.8 Å². The molecule has 0 atom stereocenters. The predicted octanol–water partition coefficient (Wildman–Crippen LogP) is 5.71. The molecule has 1 aliphatic heterocycles. The van der Waals surface area contributed by atoms with Crippen molar-refractivity contribution in [3.05, 3.63) is 117 Å². The summed E-state index contributed by atoms with van der Waals surface area (Å²) in [4.78, 5) is 29.5. The fourth-order valence-electron chi connectivity index (χ4n) is 4.25. The molecule has 2 amide bonds. The SMILES string of the molecule is Nc1ccccc1NC(=O)c1ccc2c(c1)CN(C(=O)/C(=C/c1cccs1)c1ccccc1)CC2. The largest absolute Gasteiger partial charge is 0.397 e. The van der Waals surface area contributed by atoms with E-state index in [0.29, 0.717) is 35.6 Å². The molecular formula is C29H25N3O2S. The van der Waals surface area contributed by atoms with Crippen molar-refractivity contribution >= 4 is 46.2 Å². The summed E-state index contributed by atoms with van der Waals surface area (Å²) < 4.78 is 0. The summed E-state index contributed by atoms with van der Waals surface area (Å²) >= 11 is 1.60. The first-order valence-electron chi connectivity index (χ1n) is 11.5. The number of nitrogens with zero attached hydrogens (tertiary/aromatic N) is 1. The zero-order chi connectivity index (χ0) is 24.2. The number of nitrogen functional groups attached to an aromatic ring is 1. The third-order valence-electron chi connectivity index (χ3n) is 6.12. The van der Waals surface area contributed by atoms with Crippen molar-refractivity contribution in [2.45, 2.75) is 13.0 Å². The van der Waals surface area contributed by atoms with Gasteiger partial charge < -0.3 is 16.0 Å². The van der Waals surface area contributed by atoms with Gasteiger partial charge >= 0.3 is 0 Å². The number of para-hydroxylation sites is 2. The van der Waals surface area contributed by atoms with E-state index in [1.54, 1.807) is 23.5 Å². The van der Waals surface area contributed by atoms with Gasteiger partial charge in [-0.05, 0) is 64.9 Å². The summed E-state index contributed by atoms with van der Waals surface area (Å²) in [5.74, 6) is -0.237. The molecule has 0 radical (unpaired) electrons. The number of anilines is 2. The molecule has 0 unspecified atom stereocenters. The fraction of sp³-hybridized carbons (Fsp3) is 0.103. The van der Waals surface area contributed by atoms with Gasteiger partial charge in [-0.2, -0.15) is 0 Å². The van der Waals surface area contributed by atoms with Crippen molar-refractivity contribution in [1.29, 1.82) is 0 Å².